The van der Waals surface area contributed by atoms with Crippen LogP contribution in [0.2, 0.25) is 0 Å². The number of hydrogen-bond donors (Lipinski definition) is 1. The fraction of sp³-hybridized carbons (Fsp3) is 0.500. The molecule has 1 aromatic rings. The Morgan fingerprint density at radius 2 is 2.36 bits per heavy atom. The van der Waals surface area contributed by atoms with Crippen LogP contribution in [0.4, 0.5) is 0 Å². The van der Waals surface area contributed by atoms with Crippen molar-refractivity contribution < 1.29 is 14.6 Å². The zero-order valence-corrected chi connectivity index (χ0v) is 8.49. The third-order valence-corrected chi connectivity index (χ3v) is 2.08. The van der Waals surface area contributed by atoms with E-state index in [0.717, 1.165) is 12.0 Å². The Labute approximate surface area is 83.1 Å². The summed E-state index contributed by atoms with van der Waals surface area (Å²) in [5.41, 5.74) is 1.59. The third-order valence-electron chi connectivity index (χ3n) is 2.08. The van der Waals surface area contributed by atoms with Crippen molar-refractivity contribution in [2.75, 3.05) is 13.7 Å². The van der Waals surface area contributed by atoms with Gasteiger partial charge in [-0.2, -0.15) is 0 Å². The Morgan fingerprint density at radius 3 is 2.93 bits per heavy atom. The van der Waals surface area contributed by atoms with Crippen LogP contribution in [0.3, 0.4) is 0 Å². The molecule has 0 fully saturated rings. The Morgan fingerprint density at radius 1 is 1.64 bits per heavy atom. The van der Waals surface area contributed by atoms with Gasteiger partial charge in [0.25, 0.3) is 0 Å². The first-order chi connectivity index (χ1) is 6.69. The van der Waals surface area contributed by atoms with Crippen molar-refractivity contribution in [3.8, 4) is 0 Å². The van der Waals surface area contributed by atoms with Crippen LogP contribution in [0.5, 0.6) is 0 Å². The van der Waals surface area contributed by atoms with Crippen molar-refractivity contribution in [1.29, 1.82) is 0 Å². The Hall–Kier alpha value is -1.29. The van der Waals surface area contributed by atoms with Crippen LogP contribution in [-0.4, -0.2) is 29.4 Å². The third kappa shape index (κ3) is 2.35. The maximum absolute atomic E-state index is 11.2. The molecule has 0 spiro atoms. The molecule has 0 radical (unpaired) electrons. The number of rotatable bonds is 4. The Kier molecular flexibility index (Phi) is 3.71. The minimum absolute atomic E-state index is 0.169. The van der Waals surface area contributed by atoms with Gasteiger partial charge in [-0.15, -0.1) is 0 Å². The zero-order valence-electron chi connectivity index (χ0n) is 8.49. The monoisotopic (exact) mass is 197 g/mol. The fourth-order valence-electron chi connectivity index (χ4n) is 1.36. The number of nitrogens with zero attached hydrogens (tertiary/aromatic N) is 1. The summed E-state index contributed by atoms with van der Waals surface area (Å²) in [5.74, 6) is -0.331. The number of hydrogen-bond acceptors (Lipinski definition) is 3. The molecule has 1 aromatic heterocycles. The first-order valence-corrected chi connectivity index (χ1v) is 4.53. The minimum Gasteiger partial charge on any atom is -0.464 e. The number of carbonyl (C=O) groups is 1. The van der Waals surface area contributed by atoms with Crippen LogP contribution in [0.25, 0.3) is 0 Å². The van der Waals surface area contributed by atoms with Crippen LogP contribution in [0.15, 0.2) is 12.3 Å². The lowest BCUT2D eigenvalue weighted by atomic mass is 10.2. The van der Waals surface area contributed by atoms with Gasteiger partial charge in [0, 0.05) is 19.9 Å². The van der Waals surface area contributed by atoms with Crippen LogP contribution < -0.4 is 0 Å². The van der Waals surface area contributed by atoms with Crippen molar-refractivity contribution in [2.24, 2.45) is 7.05 Å². The van der Waals surface area contributed by atoms with E-state index < -0.39 is 0 Å². The molecule has 0 saturated heterocycles. The number of methoxy groups -OCH3 is 1. The summed E-state index contributed by atoms with van der Waals surface area (Å²) in [5, 5.41) is 8.66. The highest BCUT2D eigenvalue weighted by Crippen LogP contribution is 2.10. The number of aliphatic hydroxyl groups excluding tert-OH is 1. The Bertz CT molecular complexity index is 317. The minimum atomic E-state index is -0.331. The van der Waals surface area contributed by atoms with Gasteiger partial charge < -0.3 is 14.4 Å². The summed E-state index contributed by atoms with van der Waals surface area (Å²) in [7, 11) is 3.16. The lowest BCUT2D eigenvalue weighted by molar-refractivity contribution is 0.0590. The summed E-state index contributed by atoms with van der Waals surface area (Å²) in [6.45, 7) is 0.169. The SMILES string of the molecule is COC(=O)c1cc(CCCO)cn1C. The smallest absolute Gasteiger partial charge is 0.354 e. The van der Waals surface area contributed by atoms with E-state index in [-0.39, 0.29) is 12.6 Å². The van der Waals surface area contributed by atoms with Gasteiger partial charge in [0.1, 0.15) is 5.69 Å². The first-order valence-electron chi connectivity index (χ1n) is 4.53. The van der Waals surface area contributed by atoms with E-state index >= 15 is 0 Å². The van der Waals surface area contributed by atoms with E-state index in [1.165, 1.54) is 7.11 Å². The standard InChI is InChI=1S/C10H15NO3/c1-11-7-8(4-3-5-12)6-9(11)10(13)14-2/h6-7,12H,3-5H2,1-2H3. The van der Waals surface area contributed by atoms with Crippen molar-refractivity contribution in [3.63, 3.8) is 0 Å². The molecular weight excluding hydrogens is 182 g/mol. The molecule has 0 aliphatic carbocycles. The predicted octanol–water partition coefficient (Wildman–Crippen LogP) is 0.737. The molecule has 1 rings (SSSR count). The number of aliphatic hydroxyl groups is 1. The second-order valence-electron chi connectivity index (χ2n) is 3.16. The van der Waals surface area contributed by atoms with E-state index in [2.05, 4.69) is 4.74 Å². The molecule has 0 amide bonds. The predicted molar refractivity (Wildman–Crippen MR) is 52.2 cm³/mol. The van der Waals surface area contributed by atoms with Gasteiger partial charge in [0.2, 0.25) is 0 Å². The van der Waals surface area contributed by atoms with Crippen LogP contribution in [0.1, 0.15) is 22.5 Å². The van der Waals surface area contributed by atoms with E-state index in [4.69, 9.17) is 5.11 Å². The molecule has 0 unspecified atom stereocenters. The molecule has 0 aromatic carbocycles. The summed E-state index contributed by atoms with van der Waals surface area (Å²) in [6.07, 6.45) is 3.37. The number of esters is 1. The molecule has 0 bridgehead atoms. The van der Waals surface area contributed by atoms with E-state index in [0.29, 0.717) is 12.1 Å². The van der Waals surface area contributed by atoms with Gasteiger partial charge in [0.15, 0.2) is 0 Å². The normalized spacial score (nSPS) is 10.2. The molecule has 0 saturated carbocycles. The molecule has 0 aliphatic rings. The van der Waals surface area contributed by atoms with Gasteiger partial charge in [-0.1, -0.05) is 0 Å². The molecule has 0 atom stereocenters. The summed E-state index contributed by atoms with van der Waals surface area (Å²) < 4.78 is 6.36. The van der Waals surface area contributed by atoms with Gasteiger partial charge in [0.05, 0.1) is 7.11 Å². The molecule has 4 nitrogen and oxygen atoms in total. The number of carbonyl (C=O) groups excluding carboxylic acids is 1. The van der Waals surface area contributed by atoms with E-state index in [1.54, 1.807) is 17.7 Å². The Balaban J connectivity index is 2.77. The van der Waals surface area contributed by atoms with Gasteiger partial charge in [-0.05, 0) is 24.5 Å². The lowest BCUT2D eigenvalue weighted by Gasteiger charge is -1.98. The maximum atomic E-state index is 11.2. The summed E-state index contributed by atoms with van der Waals surface area (Å²) >= 11 is 0. The van der Waals surface area contributed by atoms with Crippen molar-refractivity contribution in [1.82, 2.24) is 4.57 Å². The molecular formula is C10H15NO3. The van der Waals surface area contributed by atoms with Crippen LogP contribution in [0, 0.1) is 0 Å². The zero-order chi connectivity index (χ0) is 10.6. The van der Waals surface area contributed by atoms with Crippen LogP contribution >= 0.6 is 0 Å². The fourth-order valence-corrected chi connectivity index (χ4v) is 1.36. The van der Waals surface area contributed by atoms with Crippen molar-refractivity contribution in [3.05, 3.63) is 23.5 Å². The maximum Gasteiger partial charge on any atom is 0.354 e. The van der Waals surface area contributed by atoms with Gasteiger partial charge in [-0.25, -0.2) is 4.79 Å². The van der Waals surface area contributed by atoms with E-state index in [1.807, 2.05) is 6.20 Å². The average molecular weight is 197 g/mol. The van der Waals surface area contributed by atoms with Crippen molar-refractivity contribution in [2.45, 2.75) is 12.8 Å². The molecule has 4 heteroatoms. The molecule has 0 aliphatic heterocycles. The topological polar surface area (TPSA) is 51.5 Å². The number of ether oxygens (including phenoxy) is 1. The quantitative estimate of drug-likeness (QED) is 0.724. The van der Waals surface area contributed by atoms with E-state index in [9.17, 15) is 4.79 Å². The molecule has 1 heterocycles. The van der Waals surface area contributed by atoms with Crippen molar-refractivity contribution >= 4 is 5.97 Å². The highest BCUT2D eigenvalue weighted by atomic mass is 16.5. The van der Waals surface area contributed by atoms with Gasteiger partial charge >= 0.3 is 5.97 Å². The number of aryl methyl sites for hydroxylation is 2. The largest absolute Gasteiger partial charge is 0.464 e. The summed E-state index contributed by atoms with van der Waals surface area (Å²) in [6, 6.07) is 1.79. The number of aromatic nitrogens is 1. The molecule has 14 heavy (non-hydrogen) atoms. The highest BCUT2D eigenvalue weighted by molar-refractivity contribution is 5.87. The highest BCUT2D eigenvalue weighted by Gasteiger charge is 2.11. The lowest BCUT2D eigenvalue weighted by Crippen LogP contribution is -2.06. The van der Waals surface area contributed by atoms with Gasteiger partial charge in [-0.3, -0.25) is 0 Å². The second kappa shape index (κ2) is 4.81. The summed E-state index contributed by atoms with van der Waals surface area (Å²) in [4.78, 5) is 11.2. The second-order valence-corrected chi connectivity index (χ2v) is 3.16. The molecule has 78 valence electrons. The first kappa shape index (κ1) is 10.8. The van der Waals surface area contributed by atoms with Crippen LogP contribution in [-0.2, 0) is 18.2 Å². The molecule has 1 N–H and O–H groups in total. The average Bonchev–Trinajstić information content (AvgIpc) is 2.55.